The van der Waals surface area contributed by atoms with E-state index in [1.807, 2.05) is 38.1 Å². The molecule has 0 bridgehead atoms. The van der Waals surface area contributed by atoms with Crippen LogP contribution in [0.2, 0.25) is 0 Å². The van der Waals surface area contributed by atoms with Crippen molar-refractivity contribution in [3.63, 3.8) is 0 Å². The first kappa shape index (κ1) is 18.9. The summed E-state index contributed by atoms with van der Waals surface area (Å²) in [5, 5.41) is 8.33. The molecule has 0 fully saturated rings. The van der Waals surface area contributed by atoms with E-state index in [2.05, 4.69) is 20.3 Å². The molecule has 0 unspecified atom stereocenters. The van der Waals surface area contributed by atoms with E-state index in [0.717, 1.165) is 22.7 Å². The molecular weight excluding hydrogens is 372 g/mol. The zero-order valence-corrected chi connectivity index (χ0v) is 16.6. The Kier molecular flexibility index (Phi) is 5.11. The average Bonchev–Trinajstić information content (AvgIpc) is 3.14. The zero-order chi connectivity index (χ0) is 20.4. The van der Waals surface area contributed by atoms with Crippen molar-refractivity contribution in [1.82, 2.24) is 29.9 Å². The minimum atomic E-state index is -0.167. The summed E-state index contributed by atoms with van der Waals surface area (Å²) >= 11 is 0. The minimum Gasteiger partial charge on any atom is -0.497 e. The highest BCUT2D eigenvalue weighted by molar-refractivity contribution is 5.93. The number of aromatic nitrogens is 5. The molecule has 0 atom stereocenters. The Balaban J connectivity index is 1.59. The quantitative estimate of drug-likeness (QED) is 0.653. The summed E-state index contributed by atoms with van der Waals surface area (Å²) in [5.74, 6) is 1.12. The van der Waals surface area contributed by atoms with Crippen molar-refractivity contribution >= 4 is 5.91 Å². The van der Waals surface area contributed by atoms with Crippen LogP contribution in [0.25, 0.3) is 5.69 Å². The number of ether oxygens (including phenoxy) is 2. The second-order valence-corrected chi connectivity index (χ2v) is 6.65. The Morgan fingerprint density at radius 2 is 2.00 bits per heavy atom. The molecule has 1 aliphatic rings. The van der Waals surface area contributed by atoms with E-state index in [0.29, 0.717) is 43.4 Å². The highest BCUT2D eigenvalue weighted by Crippen LogP contribution is 2.26. The van der Waals surface area contributed by atoms with Crippen LogP contribution >= 0.6 is 0 Å². The number of hydrogen-bond acceptors (Lipinski definition) is 7. The molecule has 29 heavy (non-hydrogen) atoms. The maximum absolute atomic E-state index is 13.2. The van der Waals surface area contributed by atoms with Crippen molar-refractivity contribution in [3.8, 4) is 17.3 Å². The molecule has 2 aromatic heterocycles. The number of amides is 1. The van der Waals surface area contributed by atoms with Crippen molar-refractivity contribution in [2.24, 2.45) is 0 Å². The SMILES string of the molecule is CCOc1ncnc2c1CN(C(=O)c1nnn(-c3ccc(OC)cc3)c1C)CC2. The molecule has 9 nitrogen and oxygen atoms in total. The van der Waals surface area contributed by atoms with Gasteiger partial charge >= 0.3 is 0 Å². The number of nitrogens with zero attached hydrogens (tertiary/aromatic N) is 6. The summed E-state index contributed by atoms with van der Waals surface area (Å²) in [6.07, 6.45) is 2.15. The van der Waals surface area contributed by atoms with Gasteiger partial charge in [0.05, 0.1) is 42.9 Å². The normalized spacial score (nSPS) is 13.1. The van der Waals surface area contributed by atoms with Crippen LogP contribution in [0.4, 0.5) is 0 Å². The molecule has 1 aliphatic heterocycles. The number of carbonyl (C=O) groups is 1. The van der Waals surface area contributed by atoms with Crippen molar-refractivity contribution in [2.75, 3.05) is 20.3 Å². The number of carbonyl (C=O) groups excluding carboxylic acids is 1. The Hall–Kier alpha value is -3.49. The molecule has 150 valence electrons. The van der Waals surface area contributed by atoms with Gasteiger partial charge in [0.15, 0.2) is 5.69 Å². The van der Waals surface area contributed by atoms with E-state index in [9.17, 15) is 4.79 Å². The molecule has 0 spiro atoms. The van der Waals surface area contributed by atoms with Crippen LogP contribution < -0.4 is 9.47 Å². The Morgan fingerprint density at radius 3 is 2.72 bits per heavy atom. The Morgan fingerprint density at radius 1 is 1.21 bits per heavy atom. The lowest BCUT2D eigenvalue weighted by Gasteiger charge is -2.28. The Labute approximate surface area is 168 Å². The standard InChI is InChI=1S/C20H22N6O3/c1-4-29-19-16-11-25(10-9-17(16)21-12-22-19)20(27)18-13(2)26(24-23-18)14-5-7-15(28-3)8-6-14/h5-8,12H,4,9-11H2,1-3H3. The molecule has 3 aromatic rings. The van der Waals surface area contributed by atoms with E-state index < -0.39 is 0 Å². The number of hydrogen-bond donors (Lipinski definition) is 0. The summed E-state index contributed by atoms with van der Waals surface area (Å²) in [4.78, 5) is 23.4. The fourth-order valence-corrected chi connectivity index (χ4v) is 3.40. The molecule has 0 aliphatic carbocycles. The first-order valence-electron chi connectivity index (χ1n) is 9.44. The predicted molar refractivity (Wildman–Crippen MR) is 104 cm³/mol. The summed E-state index contributed by atoms with van der Waals surface area (Å²) in [7, 11) is 1.62. The minimum absolute atomic E-state index is 0.167. The van der Waals surface area contributed by atoms with Gasteiger partial charge in [-0.2, -0.15) is 0 Å². The summed E-state index contributed by atoms with van der Waals surface area (Å²) in [5.41, 5.74) is 3.60. The van der Waals surface area contributed by atoms with Crippen LogP contribution in [-0.2, 0) is 13.0 Å². The van der Waals surface area contributed by atoms with Crippen molar-refractivity contribution in [2.45, 2.75) is 26.8 Å². The van der Waals surface area contributed by atoms with Crippen molar-refractivity contribution in [3.05, 3.63) is 53.2 Å². The molecule has 0 saturated heterocycles. The molecule has 0 radical (unpaired) electrons. The Bertz CT molecular complexity index is 1030. The molecule has 4 rings (SSSR count). The molecule has 0 N–H and O–H groups in total. The summed E-state index contributed by atoms with van der Waals surface area (Å²) in [6.45, 7) is 5.19. The van der Waals surface area contributed by atoms with Crippen LogP contribution in [0.3, 0.4) is 0 Å². The molecular formula is C20H22N6O3. The van der Waals surface area contributed by atoms with Crippen molar-refractivity contribution in [1.29, 1.82) is 0 Å². The highest BCUT2D eigenvalue weighted by atomic mass is 16.5. The van der Waals surface area contributed by atoms with Crippen LogP contribution in [0.1, 0.15) is 34.4 Å². The molecule has 1 aromatic carbocycles. The lowest BCUT2D eigenvalue weighted by Crippen LogP contribution is -2.37. The van der Waals surface area contributed by atoms with E-state index in [1.54, 1.807) is 16.7 Å². The number of fused-ring (bicyclic) bond motifs is 1. The maximum Gasteiger partial charge on any atom is 0.276 e. The van der Waals surface area contributed by atoms with Gasteiger partial charge in [-0.3, -0.25) is 4.79 Å². The lowest BCUT2D eigenvalue weighted by molar-refractivity contribution is 0.0724. The second-order valence-electron chi connectivity index (χ2n) is 6.65. The predicted octanol–water partition coefficient (Wildman–Crippen LogP) is 1.97. The van der Waals surface area contributed by atoms with Gasteiger partial charge in [0.1, 0.15) is 12.1 Å². The van der Waals surface area contributed by atoms with Crippen molar-refractivity contribution < 1.29 is 14.3 Å². The molecule has 1 amide bonds. The van der Waals surface area contributed by atoms with E-state index in [-0.39, 0.29) is 5.91 Å². The van der Waals surface area contributed by atoms with Gasteiger partial charge in [-0.15, -0.1) is 5.10 Å². The largest absolute Gasteiger partial charge is 0.497 e. The second kappa shape index (κ2) is 7.86. The first-order valence-corrected chi connectivity index (χ1v) is 9.44. The monoisotopic (exact) mass is 394 g/mol. The van der Waals surface area contributed by atoms with Crippen LogP contribution in [0, 0.1) is 6.92 Å². The van der Waals surface area contributed by atoms with Gasteiger partial charge in [-0.05, 0) is 38.1 Å². The highest BCUT2D eigenvalue weighted by Gasteiger charge is 2.29. The van der Waals surface area contributed by atoms with Crippen LogP contribution in [0.15, 0.2) is 30.6 Å². The van der Waals surface area contributed by atoms with Gasteiger partial charge in [0.2, 0.25) is 5.88 Å². The molecule has 3 heterocycles. The van der Waals surface area contributed by atoms with E-state index in [1.165, 1.54) is 6.33 Å². The third-order valence-corrected chi connectivity index (χ3v) is 4.94. The van der Waals surface area contributed by atoms with Gasteiger partial charge < -0.3 is 14.4 Å². The summed E-state index contributed by atoms with van der Waals surface area (Å²) < 4.78 is 12.5. The first-order chi connectivity index (χ1) is 14.1. The van der Waals surface area contributed by atoms with Gasteiger partial charge in [0.25, 0.3) is 5.91 Å². The zero-order valence-electron chi connectivity index (χ0n) is 16.6. The smallest absolute Gasteiger partial charge is 0.276 e. The van der Waals surface area contributed by atoms with Gasteiger partial charge in [0, 0.05) is 13.0 Å². The lowest BCUT2D eigenvalue weighted by atomic mass is 10.1. The molecule has 9 heteroatoms. The van der Waals surface area contributed by atoms with Gasteiger partial charge in [-0.25, -0.2) is 14.6 Å². The van der Waals surface area contributed by atoms with E-state index >= 15 is 0 Å². The third-order valence-electron chi connectivity index (χ3n) is 4.94. The summed E-state index contributed by atoms with van der Waals surface area (Å²) in [6, 6.07) is 7.43. The average molecular weight is 394 g/mol. The fraction of sp³-hybridized carbons (Fsp3) is 0.350. The fourth-order valence-electron chi connectivity index (χ4n) is 3.40. The third kappa shape index (κ3) is 3.51. The molecule has 0 saturated carbocycles. The number of rotatable bonds is 5. The number of methoxy groups -OCH3 is 1. The van der Waals surface area contributed by atoms with Crippen LogP contribution in [0.5, 0.6) is 11.6 Å². The van der Waals surface area contributed by atoms with Gasteiger partial charge in [-0.1, -0.05) is 5.21 Å². The maximum atomic E-state index is 13.2. The van der Waals surface area contributed by atoms with Crippen LogP contribution in [-0.4, -0.2) is 56.0 Å². The topological polar surface area (TPSA) is 95.3 Å². The van der Waals surface area contributed by atoms with E-state index in [4.69, 9.17) is 9.47 Å². The number of benzene rings is 1.